The minimum absolute atomic E-state index is 0.307. The minimum Gasteiger partial charge on any atom is -0.376 e. The van der Waals surface area contributed by atoms with Crippen molar-refractivity contribution in [2.75, 3.05) is 11.9 Å². The first-order valence-electron chi connectivity index (χ1n) is 5.42. The zero-order valence-corrected chi connectivity index (χ0v) is 9.23. The Bertz CT molecular complexity index is 323. The summed E-state index contributed by atoms with van der Waals surface area (Å²) in [6, 6.07) is 2.26. The number of nitrogens with zero attached hydrogens (tertiary/aromatic N) is 2. The van der Waals surface area contributed by atoms with Crippen LogP contribution in [0.15, 0.2) is 12.4 Å². The number of rotatable bonds is 3. The molecular weight excluding hydrogens is 190 g/mol. The van der Waals surface area contributed by atoms with Crippen molar-refractivity contribution >= 4 is 5.82 Å². The zero-order chi connectivity index (χ0) is 10.7. The second-order valence-electron chi connectivity index (χ2n) is 4.03. The third kappa shape index (κ3) is 2.65. The van der Waals surface area contributed by atoms with Gasteiger partial charge in [0.15, 0.2) is 0 Å². The lowest BCUT2D eigenvalue weighted by molar-refractivity contribution is 0.0995. The topological polar surface area (TPSA) is 47.0 Å². The van der Waals surface area contributed by atoms with Crippen LogP contribution in [-0.2, 0) is 4.74 Å². The smallest absolute Gasteiger partial charge is 0.129 e. The first-order valence-corrected chi connectivity index (χ1v) is 5.42. The van der Waals surface area contributed by atoms with E-state index in [-0.39, 0.29) is 0 Å². The van der Waals surface area contributed by atoms with E-state index in [0.717, 1.165) is 24.5 Å². The predicted octanol–water partition coefficient (Wildman–Crippen LogP) is 1.76. The number of anilines is 1. The normalized spacial score (nSPS) is 22.7. The molecule has 1 N–H and O–H groups in total. The van der Waals surface area contributed by atoms with Gasteiger partial charge in [-0.3, -0.25) is 0 Å². The molecule has 4 nitrogen and oxygen atoms in total. The van der Waals surface area contributed by atoms with Crippen LogP contribution in [0, 0.1) is 6.92 Å². The molecule has 2 heterocycles. The number of aryl methyl sites for hydroxylation is 1. The summed E-state index contributed by atoms with van der Waals surface area (Å²) in [5.74, 6) is 0.880. The molecular formula is C11H17N3O. The molecule has 1 aliphatic rings. The van der Waals surface area contributed by atoms with E-state index in [1.54, 1.807) is 6.33 Å². The van der Waals surface area contributed by atoms with E-state index in [4.69, 9.17) is 4.74 Å². The van der Waals surface area contributed by atoms with Crippen LogP contribution in [0.4, 0.5) is 5.82 Å². The molecule has 0 aromatic carbocycles. The van der Waals surface area contributed by atoms with Crippen LogP contribution in [0.1, 0.15) is 25.5 Å². The molecule has 1 saturated heterocycles. The van der Waals surface area contributed by atoms with Crippen molar-refractivity contribution in [2.45, 2.75) is 38.8 Å². The third-order valence-corrected chi connectivity index (χ3v) is 2.70. The highest BCUT2D eigenvalue weighted by Gasteiger charge is 2.22. The van der Waals surface area contributed by atoms with E-state index in [0.29, 0.717) is 12.1 Å². The predicted molar refractivity (Wildman–Crippen MR) is 58.8 cm³/mol. The summed E-state index contributed by atoms with van der Waals surface area (Å²) in [6.45, 7) is 4.98. The molecule has 0 radical (unpaired) electrons. The highest BCUT2D eigenvalue weighted by molar-refractivity contribution is 5.35. The molecule has 1 aliphatic heterocycles. The Balaban J connectivity index is 1.95. The molecule has 2 rings (SSSR count). The summed E-state index contributed by atoms with van der Waals surface area (Å²) in [5.41, 5.74) is 0.979. The van der Waals surface area contributed by atoms with Crippen molar-refractivity contribution in [1.82, 2.24) is 9.97 Å². The average molecular weight is 207 g/mol. The van der Waals surface area contributed by atoms with Gasteiger partial charge in [-0.2, -0.15) is 0 Å². The monoisotopic (exact) mass is 207 g/mol. The summed E-state index contributed by atoms with van der Waals surface area (Å²) in [7, 11) is 0. The molecule has 1 aromatic heterocycles. The Hall–Kier alpha value is -1.16. The maximum Gasteiger partial charge on any atom is 0.129 e. The van der Waals surface area contributed by atoms with Gasteiger partial charge in [-0.25, -0.2) is 9.97 Å². The summed E-state index contributed by atoms with van der Waals surface area (Å²) in [6.07, 6.45) is 4.21. The van der Waals surface area contributed by atoms with E-state index < -0.39 is 0 Å². The Morgan fingerprint density at radius 1 is 1.53 bits per heavy atom. The SMILES string of the molecule is Cc1cc(NC(C)C2CCCO2)ncn1. The fourth-order valence-electron chi connectivity index (χ4n) is 1.86. The van der Waals surface area contributed by atoms with Crippen LogP contribution in [0.25, 0.3) is 0 Å². The van der Waals surface area contributed by atoms with Gasteiger partial charge in [0.1, 0.15) is 12.1 Å². The lowest BCUT2D eigenvalue weighted by Gasteiger charge is -2.20. The molecule has 15 heavy (non-hydrogen) atoms. The van der Waals surface area contributed by atoms with E-state index in [1.165, 1.54) is 6.42 Å². The van der Waals surface area contributed by atoms with Gasteiger partial charge in [0.2, 0.25) is 0 Å². The van der Waals surface area contributed by atoms with E-state index in [2.05, 4.69) is 22.2 Å². The number of hydrogen-bond acceptors (Lipinski definition) is 4. The van der Waals surface area contributed by atoms with Crippen LogP contribution >= 0.6 is 0 Å². The summed E-state index contributed by atoms with van der Waals surface area (Å²) in [5, 5.41) is 3.35. The number of nitrogens with one attached hydrogen (secondary N) is 1. The molecule has 2 unspecified atom stereocenters. The van der Waals surface area contributed by atoms with E-state index in [9.17, 15) is 0 Å². The highest BCUT2D eigenvalue weighted by atomic mass is 16.5. The fourth-order valence-corrected chi connectivity index (χ4v) is 1.86. The zero-order valence-electron chi connectivity index (χ0n) is 9.23. The van der Waals surface area contributed by atoms with Crippen molar-refractivity contribution in [3.63, 3.8) is 0 Å². The standard InChI is InChI=1S/C11H17N3O/c1-8-6-11(13-7-12-8)14-9(2)10-4-3-5-15-10/h6-7,9-10H,3-5H2,1-2H3,(H,12,13,14). The lowest BCUT2D eigenvalue weighted by atomic mass is 10.1. The number of hydrogen-bond donors (Lipinski definition) is 1. The van der Waals surface area contributed by atoms with Crippen LogP contribution in [0.2, 0.25) is 0 Å². The van der Waals surface area contributed by atoms with Crippen molar-refractivity contribution in [2.24, 2.45) is 0 Å². The Labute approximate surface area is 90.1 Å². The van der Waals surface area contributed by atoms with Crippen molar-refractivity contribution < 1.29 is 4.74 Å². The van der Waals surface area contributed by atoms with Gasteiger partial charge >= 0.3 is 0 Å². The molecule has 4 heteroatoms. The van der Waals surface area contributed by atoms with Crippen LogP contribution < -0.4 is 5.32 Å². The molecule has 2 atom stereocenters. The molecule has 0 bridgehead atoms. The summed E-state index contributed by atoms with van der Waals surface area (Å²) < 4.78 is 5.61. The highest BCUT2D eigenvalue weighted by Crippen LogP contribution is 2.18. The second-order valence-corrected chi connectivity index (χ2v) is 4.03. The first-order chi connectivity index (χ1) is 7.25. The molecule has 82 valence electrons. The third-order valence-electron chi connectivity index (χ3n) is 2.70. The average Bonchev–Trinajstić information content (AvgIpc) is 2.70. The van der Waals surface area contributed by atoms with Gasteiger partial charge in [0, 0.05) is 18.4 Å². The molecule has 0 spiro atoms. The van der Waals surface area contributed by atoms with Gasteiger partial charge in [-0.05, 0) is 26.7 Å². The quantitative estimate of drug-likeness (QED) is 0.820. The molecule has 0 aliphatic carbocycles. The van der Waals surface area contributed by atoms with Crippen molar-refractivity contribution in [3.05, 3.63) is 18.1 Å². The van der Waals surface area contributed by atoms with E-state index in [1.807, 2.05) is 13.0 Å². The van der Waals surface area contributed by atoms with Gasteiger partial charge in [-0.15, -0.1) is 0 Å². The largest absolute Gasteiger partial charge is 0.376 e. The Kier molecular flexibility index (Phi) is 3.16. The van der Waals surface area contributed by atoms with Gasteiger partial charge in [0.25, 0.3) is 0 Å². The van der Waals surface area contributed by atoms with Crippen LogP contribution in [0.5, 0.6) is 0 Å². The molecule has 1 aromatic rings. The summed E-state index contributed by atoms with van der Waals surface area (Å²) in [4.78, 5) is 8.24. The minimum atomic E-state index is 0.307. The molecule has 0 saturated carbocycles. The first kappa shape index (κ1) is 10.4. The maximum absolute atomic E-state index is 5.61. The van der Waals surface area contributed by atoms with Crippen molar-refractivity contribution in [3.8, 4) is 0 Å². The maximum atomic E-state index is 5.61. The van der Waals surface area contributed by atoms with Gasteiger partial charge < -0.3 is 10.1 Å². The molecule has 1 fully saturated rings. The second kappa shape index (κ2) is 4.57. The fraction of sp³-hybridized carbons (Fsp3) is 0.636. The van der Waals surface area contributed by atoms with Gasteiger partial charge in [0.05, 0.1) is 12.1 Å². The van der Waals surface area contributed by atoms with Crippen LogP contribution in [0.3, 0.4) is 0 Å². The number of aromatic nitrogens is 2. The molecule has 0 amide bonds. The van der Waals surface area contributed by atoms with Crippen LogP contribution in [-0.4, -0.2) is 28.7 Å². The van der Waals surface area contributed by atoms with Gasteiger partial charge in [-0.1, -0.05) is 0 Å². The number of ether oxygens (including phenoxy) is 1. The van der Waals surface area contributed by atoms with E-state index >= 15 is 0 Å². The Morgan fingerprint density at radius 2 is 2.40 bits per heavy atom. The Morgan fingerprint density at radius 3 is 3.07 bits per heavy atom. The summed E-state index contributed by atoms with van der Waals surface area (Å²) >= 11 is 0. The van der Waals surface area contributed by atoms with Crippen molar-refractivity contribution in [1.29, 1.82) is 0 Å². The lowest BCUT2D eigenvalue weighted by Crippen LogP contribution is -2.30.